The summed E-state index contributed by atoms with van der Waals surface area (Å²) in [6, 6.07) is 19.0. The molecule has 2 aromatic carbocycles. The van der Waals surface area contributed by atoms with Crippen LogP contribution in [0.2, 0.25) is 0 Å². The fourth-order valence-corrected chi connectivity index (χ4v) is 3.23. The maximum atomic E-state index is 5.47. The Morgan fingerprint density at radius 1 is 0.900 bits per heavy atom. The summed E-state index contributed by atoms with van der Waals surface area (Å²) in [7, 11) is 1.73. The SMILES string of the molecule is COc1ccccc1NC1(c2ccccc2)CCCC1. The van der Waals surface area contributed by atoms with Crippen LogP contribution in [0.15, 0.2) is 54.6 Å². The molecule has 0 saturated heterocycles. The molecule has 0 spiro atoms. The largest absolute Gasteiger partial charge is 0.495 e. The van der Waals surface area contributed by atoms with Crippen molar-refractivity contribution in [2.75, 3.05) is 12.4 Å². The van der Waals surface area contributed by atoms with Gasteiger partial charge < -0.3 is 10.1 Å². The molecular formula is C18H21NO. The third-order valence-electron chi connectivity index (χ3n) is 4.26. The van der Waals surface area contributed by atoms with Crippen LogP contribution in [0, 0.1) is 0 Å². The first-order chi connectivity index (χ1) is 9.84. The van der Waals surface area contributed by atoms with Crippen LogP contribution in [0.4, 0.5) is 5.69 Å². The van der Waals surface area contributed by atoms with Crippen molar-refractivity contribution < 1.29 is 4.74 Å². The Hall–Kier alpha value is -1.96. The average Bonchev–Trinajstić information content (AvgIpc) is 2.98. The number of rotatable bonds is 4. The average molecular weight is 267 g/mol. The van der Waals surface area contributed by atoms with Gasteiger partial charge in [-0.05, 0) is 30.5 Å². The van der Waals surface area contributed by atoms with Crippen molar-refractivity contribution in [3.05, 3.63) is 60.2 Å². The lowest BCUT2D eigenvalue weighted by atomic mass is 9.88. The number of hydrogen-bond acceptors (Lipinski definition) is 2. The van der Waals surface area contributed by atoms with E-state index in [4.69, 9.17) is 4.74 Å². The zero-order chi connectivity index (χ0) is 13.8. The molecule has 1 aliphatic carbocycles. The van der Waals surface area contributed by atoms with Gasteiger partial charge in [0.2, 0.25) is 0 Å². The van der Waals surface area contributed by atoms with E-state index in [0.29, 0.717) is 0 Å². The third kappa shape index (κ3) is 2.38. The van der Waals surface area contributed by atoms with Gasteiger partial charge in [0.25, 0.3) is 0 Å². The molecule has 1 fully saturated rings. The van der Waals surface area contributed by atoms with Gasteiger partial charge >= 0.3 is 0 Å². The molecule has 1 aliphatic rings. The molecule has 2 nitrogen and oxygen atoms in total. The third-order valence-corrected chi connectivity index (χ3v) is 4.26. The maximum Gasteiger partial charge on any atom is 0.141 e. The summed E-state index contributed by atoms with van der Waals surface area (Å²) in [5.74, 6) is 0.912. The minimum Gasteiger partial charge on any atom is -0.495 e. The molecule has 1 saturated carbocycles. The molecule has 0 heterocycles. The summed E-state index contributed by atoms with van der Waals surface area (Å²) < 4.78 is 5.47. The molecule has 0 aromatic heterocycles. The Bertz CT molecular complexity index is 559. The molecule has 0 atom stereocenters. The summed E-state index contributed by atoms with van der Waals surface area (Å²) in [5, 5.41) is 3.77. The van der Waals surface area contributed by atoms with E-state index in [-0.39, 0.29) is 5.54 Å². The van der Waals surface area contributed by atoms with Crippen molar-refractivity contribution in [3.63, 3.8) is 0 Å². The number of methoxy groups -OCH3 is 1. The second-order valence-corrected chi connectivity index (χ2v) is 5.48. The van der Waals surface area contributed by atoms with E-state index >= 15 is 0 Å². The van der Waals surface area contributed by atoms with E-state index in [2.05, 4.69) is 47.8 Å². The van der Waals surface area contributed by atoms with Crippen molar-refractivity contribution in [1.82, 2.24) is 0 Å². The molecule has 0 bridgehead atoms. The molecular weight excluding hydrogens is 246 g/mol. The first kappa shape index (κ1) is 13.0. The molecule has 0 radical (unpaired) electrons. The standard InChI is InChI=1S/C18H21NO/c1-20-17-12-6-5-11-16(17)19-18(13-7-8-14-18)15-9-3-2-4-10-15/h2-6,9-12,19H,7-8,13-14H2,1H3. The van der Waals surface area contributed by atoms with E-state index in [9.17, 15) is 0 Å². The van der Waals surface area contributed by atoms with Crippen molar-refractivity contribution >= 4 is 5.69 Å². The van der Waals surface area contributed by atoms with E-state index in [1.165, 1.54) is 31.2 Å². The Labute approximate surface area is 120 Å². The zero-order valence-corrected chi connectivity index (χ0v) is 11.9. The van der Waals surface area contributed by atoms with Crippen molar-refractivity contribution in [3.8, 4) is 5.75 Å². The Kier molecular flexibility index (Phi) is 3.64. The molecule has 104 valence electrons. The van der Waals surface area contributed by atoms with E-state index in [0.717, 1.165) is 11.4 Å². The van der Waals surface area contributed by atoms with Crippen LogP contribution in [0.25, 0.3) is 0 Å². The Balaban J connectivity index is 1.96. The van der Waals surface area contributed by atoms with Crippen LogP contribution < -0.4 is 10.1 Å². The number of nitrogens with one attached hydrogen (secondary N) is 1. The van der Waals surface area contributed by atoms with E-state index in [1.807, 2.05) is 12.1 Å². The van der Waals surface area contributed by atoms with Crippen molar-refractivity contribution in [1.29, 1.82) is 0 Å². The molecule has 0 amide bonds. The van der Waals surface area contributed by atoms with Gasteiger partial charge in [0, 0.05) is 0 Å². The molecule has 1 N–H and O–H groups in total. The zero-order valence-electron chi connectivity index (χ0n) is 11.9. The van der Waals surface area contributed by atoms with Crippen LogP contribution in [-0.4, -0.2) is 7.11 Å². The lowest BCUT2D eigenvalue weighted by molar-refractivity contribution is 0.412. The van der Waals surface area contributed by atoms with E-state index < -0.39 is 0 Å². The fourth-order valence-electron chi connectivity index (χ4n) is 3.23. The molecule has 20 heavy (non-hydrogen) atoms. The summed E-state index contributed by atoms with van der Waals surface area (Å²) in [6.45, 7) is 0. The van der Waals surface area contributed by atoms with Gasteiger partial charge in [-0.3, -0.25) is 0 Å². The lowest BCUT2D eigenvalue weighted by Gasteiger charge is -2.33. The highest BCUT2D eigenvalue weighted by Gasteiger charge is 2.35. The molecule has 0 aliphatic heterocycles. The number of hydrogen-bond donors (Lipinski definition) is 1. The molecule has 3 rings (SSSR count). The number of anilines is 1. The quantitative estimate of drug-likeness (QED) is 0.875. The van der Waals surface area contributed by atoms with Crippen molar-refractivity contribution in [2.24, 2.45) is 0 Å². The number of para-hydroxylation sites is 2. The highest BCUT2D eigenvalue weighted by molar-refractivity contribution is 5.59. The summed E-state index contributed by atoms with van der Waals surface area (Å²) in [6.07, 6.45) is 4.90. The van der Waals surface area contributed by atoms with Crippen molar-refractivity contribution in [2.45, 2.75) is 31.2 Å². The molecule has 2 aromatic rings. The van der Waals surface area contributed by atoms with Gasteiger partial charge in [-0.2, -0.15) is 0 Å². The molecule has 0 unspecified atom stereocenters. The van der Waals surface area contributed by atoms with Crippen LogP contribution in [-0.2, 0) is 5.54 Å². The smallest absolute Gasteiger partial charge is 0.141 e. The summed E-state index contributed by atoms with van der Waals surface area (Å²) in [5.41, 5.74) is 2.51. The second kappa shape index (κ2) is 5.58. The van der Waals surface area contributed by atoms with Gasteiger partial charge in [-0.15, -0.1) is 0 Å². The van der Waals surface area contributed by atoms with Crippen LogP contribution >= 0.6 is 0 Å². The highest BCUT2D eigenvalue weighted by Crippen LogP contribution is 2.43. The predicted molar refractivity (Wildman–Crippen MR) is 83.2 cm³/mol. The number of ether oxygens (including phenoxy) is 1. The summed E-state index contributed by atoms with van der Waals surface area (Å²) in [4.78, 5) is 0. The lowest BCUT2D eigenvalue weighted by Crippen LogP contribution is -2.32. The normalized spacial score (nSPS) is 16.9. The van der Waals surface area contributed by atoms with Crippen LogP contribution in [0.5, 0.6) is 5.75 Å². The van der Waals surface area contributed by atoms with Gasteiger partial charge in [0.1, 0.15) is 5.75 Å². The minimum atomic E-state index is 0.0515. The van der Waals surface area contributed by atoms with Gasteiger partial charge in [0.05, 0.1) is 18.3 Å². The number of benzene rings is 2. The fraction of sp³-hybridized carbons (Fsp3) is 0.333. The molecule has 2 heteroatoms. The van der Waals surface area contributed by atoms with Gasteiger partial charge in [-0.1, -0.05) is 55.3 Å². The first-order valence-electron chi connectivity index (χ1n) is 7.31. The van der Waals surface area contributed by atoms with Crippen LogP contribution in [0.3, 0.4) is 0 Å². The van der Waals surface area contributed by atoms with E-state index in [1.54, 1.807) is 7.11 Å². The first-order valence-corrected chi connectivity index (χ1v) is 7.31. The monoisotopic (exact) mass is 267 g/mol. The highest BCUT2D eigenvalue weighted by atomic mass is 16.5. The Morgan fingerprint density at radius 2 is 1.55 bits per heavy atom. The minimum absolute atomic E-state index is 0.0515. The maximum absolute atomic E-state index is 5.47. The topological polar surface area (TPSA) is 21.3 Å². The predicted octanol–water partition coefficient (Wildman–Crippen LogP) is 4.58. The van der Waals surface area contributed by atoms with Gasteiger partial charge in [0.15, 0.2) is 0 Å². The Morgan fingerprint density at radius 3 is 2.25 bits per heavy atom. The second-order valence-electron chi connectivity index (χ2n) is 5.48. The van der Waals surface area contributed by atoms with Gasteiger partial charge in [-0.25, -0.2) is 0 Å². The summed E-state index contributed by atoms with van der Waals surface area (Å²) >= 11 is 0. The van der Waals surface area contributed by atoms with Crippen LogP contribution in [0.1, 0.15) is 31.2 Å².